The van der Waals surface area contributed by atoms with Crippen molar-refractivity contribution >= 4 is 5.91 Å². The van der Waals surface area contributed by atoms with Crippen molar-refractivity contribution in [2.24, 2.45) is 11.8 Å². The van der Waals surface area contributed by atoms with Gasteiger partial charge in [0.25, 0.3) is 0 Å². The zero-order valence-electron chi connectivity index (χ0n) is 10.9. The van der Waals surface area contributed by atoms with Gasteiger partial charge in [0.1, 0.15) is 0 Å². The smallest absolute Gasteiger partial charge is 0.227 e. The first-order valence-corrected chi connectivity index (χ1v) is 6.01. The minimum Gasteiger partial charge on any atom is -0.334 e. The summed E-state index contributed by atoms with van der Waals surface area (Å²) in [5.74, 6) is 0.811. The monoisotopic (exact) mass is 224 g/mol. The Morgan fingerprint density at radius 3 is 2.50 bits per heavy atom. The molecular weight excluding hydrogens is 200 g/mol. The highest BCUT2D eigenvalue weighted by Crippen LogP contribution is 2.23. The van der Waals surface area contributed by atoms with Crippen LogP contribution in [0.5, 0.6) is 0 Å². The van der Waals surface area contributed by atoms with Gasteiger partial charge in [-0.3, -0.25) is 4.79 Å². The molecule has 0 radical (unpaired) electrons. The molecule has 0 aromatic rings. The number of hydrogen-bond acceptors (Lipinski definition) is 2. The molecule has 16 heavy (non-hydrogen) atoms. The topological polar surface area (TPSA) is 32.3 Å². The Morgan fingerprint density at radius 1 is 1.50 bits per heavy atom. The first-order chi connectivity index (χ1) is 7.38. The van der Waals surface area contributed by atoms with Crippen LogP contribution in [0.1, 0.15) is 27.7 Å². The zero-order valence-corrected chi connectivity index (χ0v) is 10.9. The van der Waals surface area contributed by atoms with Crippen LogP contribution in [-0.2, 0) is 4.79 Å². The number of rotatable bonds is 3. The lowest BCUT2D eigenvalue weighted by atomic mass is 9.94. The summed E-state index contributed by atoms with van der Waals surface area (Å²) in [4.78, 5) is 14.4. The SMILES string of the molecule is C=CCN(C(=O)[C@@H]1CNC[C@H]1C)C(C)(C)C. The number of carbonyl (C=O) groups is 1. The van der Waals surface area contributed by atoms with E-state index in [0.717, 1.165) is 13.1 Å². The Kier molecular flexibility index (Phi) is 4.14. The maximum atomic E-state index is 12.4. The summed E-state index contributed by atoms with van der Waals surface area (Å²) in [7, 11) is 0. The van der Waals surface area contributed by atoms with Gasteiger partial charge in [0, 0.05) is 18.6 Å². The second-order valence-electron chi connectivity index (χ2n) is 5.65. The van der Waals surface area contributed by atoms with Crippen LogP contribution in [0.4, 0.5) is 0 Å². The molecule has 1 aliphatic rings. The van der Waals surface area contributed by atoms with Crippen LogP contribution in [0, 0.1) is 11.8 Å². The fourth-order valence-electron chi connectivity index (χ4n) is 2.16. The number of nitrogens with zero attached hydrogens (tertiary/aromatic N) is 1. The molecule has 0 saturated carbocycles. The number of nitrogens with one attached hydrogen (secondary N) is 1. The van der Waals surface area contributed by atoms with Gasteiger partial charge in [0.15, 0.2) is 0 Å². The third-order valence-electron chi connectivity index (χ3n) is 3.22. The molecule has 0 spiro atoms. The van der Waals surface area contributed by atoms with Crippen LogP contribution in [-0.4, -0.2) is 36.0 Å². The van der Waals surface area contributed by atoms with Gasteiger partial charge in [-0.25, -0.2) is 0 Å². The van der Waals surface area contributed by atoms with Gasteiger partial charge in [-0.2, -0.15) is 0 Å². The third-order valence-corrected chi connectivity index (χ3v) is 3.22. The van der Waals surface area contributed by atoms with Crippen LogP contribution in [0.15, 0.2) is 12.7 Å². The Labute approximate surface area is 98.9 Å². The fraction of sp³-hybridized carbons (Fsp3) is 0.769. The van der Waals surface area contributed by atoms with E-state index in [1.165, 1.54) is 0 Å². The lowest BCUT2D eigenvalue weighted by Crippen LogP contribution is -2.49. The molecule has 3 nitrogen and oxygen atoms in total. The lowest BCUT2D eigenvalue weighted by Gasteiger charge is -2.37. The molecule has 0 aromatic heterocycles. The van der Waals surface area contributed by atoms with E-state index in [1.54, 1.807) is 6.08 Å². The molecule has 1 amide bonds. The van der Waals surface area contributed by atoms with E-state index in [0.29, 0.717) is 12.5 Å². The van der Waals surface area contributed by atoms with Gasteiger partial charge >= 0.3 is 0 Å². The van der Waals surface area contributed by atoms with Gasteiger partial charge in [-0.05, 0) is 33.2 Å². The van der Waals surface area contributed by atoms with Crippen LogP contribution >= 0.6 is 0 Å². The summed E-state index contributed by atoms with van der Waals surface area (Å²) in [6.45, 7) is 14.5. The number of carbonyl (C=O) groups excluding carboxylic acids is 1. The molecular formula is C13H24N2O. The van der Waals surface area contributed by atoms with Crippen molar-refractivity contribution in [3.63, 3.8) is 0 Å². The maximum Gasteiger partial charge on any atom is 0.227 e. The second-order valence-corrected chi connectivity index (χ2v) is 5.65. The zero-order chi connectivity index (χ0) is 12.3. The molecule has 92 valence electrons. The van der Waals surface area contributed by atoms with E-state index < -0.39 is 0 Å². The second kappa shape index (κ2) is 5.00. The Balaban J connectivity index is 2.78. The van der Waals surface area contributed by atoms with Crippen molar-refractivity contribution in [2.75, 3.05) is 19.6 Å². The Hall–Kier alpha value is -0.830. The van der Waals surface area contributed by atoms with Crippen molar-refractivity contribution in [1.29, 1.82) is 0 Å². The average Bonchev–Trinajstić information content (AvgIpc) is 2.58. The lowest BCUT2D eigenvalue weighted by molar-refractivity contribution is -0.140. The van der Waals surface area contributed by atoms with Gasteiger partial charge in [0.2, 0.25) is 5.91 Å². The third kappa shape index (κ3) is 2.85. The van der Waals surface area contributed by atoms with Crippen LogP contribution in [0.2, 0.25) is 0 Å². The molecule has 1 aliphatic heterocycles. The Bertz CT molecular complexity index is 268. The summed E-state index contributed by atoms with van der Waals surface area (Å²) in [5.41, 5.74) is -0.131. The summed E-state index contributed by atoms with van der Waals surface area (Å²) in [5, 5.41) is 3.28. The van der Waals surface area contributed by atoms with Gasteiger partial charge in [0.05, 0.1) is 5.92 Å². The van der Waals surface area contributed by atoms with E-state index in [4.69, 9.17) is 0 Å². The average molecular weight is 224 g/mol. The van der Waals surface area contributed by atoms with E-state index in [-0.39, 0.29) is 17.4 Å². The fourth-order valence-corrected chi connectivity index (χ4v) is 2.16. The molecule has 2 atom stereocenters. The molecule has 1 fully saturated rings. The summed E-state index contributed by atoms with van der Waals surface area (Å²) in [6, 6.07) is 0. The van der Waals surface area contributed by atoms with Crippen LogP contribution < -0.4 is 5.32 Å². The normalized spacial score (nSPS) is 25.5. The van der Waals surface area contributed by atoms with Gasteiger partial charge in [-0.15, -0.1) is 6.58 Å². The van der Waals surface area contributed by atoms with Crippen LogP contribution in [0.3, 0.4) is 0 Å². The number of hydrogen-bond donors (Lipinski definition) is 1. The minimum atomic E-state index is -0.131. The molecule has 0 aliphatic carbocycles. The molecule has 0 aromatic carbocycles. The van der Waals surface area contributed by atoms with Crippen LogP contribution in [0.25, 0.3) is 0 Å². The summed E-state index contributed by atoms with van der Waals surface area (Å²) < 4.78 is 0. The Morgan fingerprint density at radius 2 is 2.12 bits per heavy atom. The summed E-state index contributed by atoms with van der Waals surface area (Å²) in [6.07, 6.45) is 1.80. The molecule has 0 bridgehead atoms. The van der Waals surface area contributed by atoms with Gasteiger partial charge < -0.3 is 10.2 Å². The van der Waals surface area contributed by atoms with E-state index in [2.05, 4.69) is 39.6 Å². The highest BCUT2D eigenvalue weighted by molar-refractivity contribution is 5.80. The molecule has 1 rings (SSSR count). The molecule has 1 N–H and O–H groups in total. The highest BCUT2D eigenvalue weighted by Gasteiger charge is 2.36. The number of amides is 1. The van der Waals surface area contributed by atoms with E-state index in [1.807, 2.05) is 4.90 Å². The van der Waals surface area contributed by atoms with Crippen molar-refractivity contribution in [1.82, 2.24) is 10.2 Å². The molecule has 0 unspecified atom stereocenters. The summed E-state index contributed by atoms with van der Waals surface area (Å²) >= 11 is 0. The molecule has 1 saturated heterocycles. The molecule has 1 heterocycles. The first kappa shape index (κ1) is 13.2. The quantitative estimate of drug-likeness (QED) is 0.739. The van der Waals surface area contributed by atoms with Crippen molar-refractivity contribution < 1.29 is 4.79 Å². The van der Waals surface area contributed by atoms with Crippen molar-refractivity contribution in [2.45, 2.75) is 33.2 Å². The predicted molar refractivity (Wildman–Crippen MR) is 67.2 cm³/mol. The largest absolute Gasteiger partial charge is 0.334 e. The first-order valence-electron chi connectivity index (χ1n) is 6.01. The predicted octanol–water partition coefficient (Wildman–Crippen LogP) is 1.65. The maximum absolute atomic E-state index is 12.4. The molecule has 3 heteroatoms. The van der Waals surface area contributed by atoms with E-state index in [9.17, 15) is 4.79 Å². The van der Waals surface area contributed by atoms with Crippen molar-refractivity contribution in [3.8, 4) is 0 Å². The standard InChI is InChI=1S/C13H24N2O/c1-6-7-15(13(3,4)5)12(16)11-9-14-8-10(11)2/h6,10-11,14H,1,7-9H2,2-5H3/t10-,11-/m1/s1. The van der Waals surface area contributed by atoms with Gasteiger partial charge in [-0.1, -0.05) is 13.0 Å². The van der Waals surface area contributed by atoms with Crippen molar-refractivity contribution in [3.05, 3.63) is 12.7 Å². The van der Waals surface area contributed by atoms with E-state index >= 15 is 0 Å². The highest BCUT2D eigenvalue weighted by atomic mass is 16.2. The minimum absolute atomic E-state index is 0.124.